The lowest BCUT2D eigenvalue weighted by molar-refractivity contribution is -0.131. The van der Waals surface area contributed by atoms with Gasteiger partial charge >= 0.3 is 0 Å². The van der Waals surface area contributed by atoms with Crippen LogP contribution in [0.2, 0.25) is 5.02 Å². The molecule has 1 aliphatic heterocycles. The Kier molecular flexibility index (Phi) is 4.78. The molecule has 1 saturated heterocycles. The average molecular weight is 423 g/mol. The van der Waals surface area contributed by atoms with Crippen LogP contribution in [0, 0.1) is 13.8 Å². The number of rotatable bonds is 3. The number of halogens is 1. The average Bonchev–Trinajstić information content (AvgIpc) is 3.32. The molecule has 2 aromatic carbocycles. The van der Waals surface area contributed by atoms with Crippen LogP contribution in [-0.2, 0) is 11.2 Å². The molecule has 0 unspecified atom stereocenters. The van der Waals surface area contributed by atoms with Gasteiger partial charge in [-0.05, 0) is 68.1 Å². The first-order valence-electron chi connectivity index (χ1n) is 10.3. The lowest BCUT2D eigenvalue weighted by Crippen LogP contribution is -2.38. The summed E-state index contributed by atoms with van der Waals surface area (Å²) in [5.41, 5.74) is 5.74. The molecule has 30 heavy (non-hydrogen) atoms. The van der Waals surface area contributed by atoms with Gasteiger partial charge in [0.05, 0.1) is 12.7 Å². The number of carbonyl (C=O) groups is 1. The molecule has 1 aliphatic rings. The molecule has 1 amide bonds. The molecule has 0 bridgehead atoms. The largest absolute Gasteiger partial charge is 0.464 e. The third-order valence-corrected chi connectivity index (χ3v) is 6.41. The number of amides is 1. The van der Waals surface area contributed by atoms with Gasteiger partial charge in [0.25, 0.3) is 0 Å². The first-order chi connectivity index (χ1) is 14.5. The van der Waals surface area contributed by atoms with Crippen molar-refractivity contribution < 1.29 is 13.6 Å². The molecule has 5 rings (SSSR count). The van der Waals surface area contributed by atoms with Crippen molar-refractivity contribution in [3.8, 4) is 0 Å². The lowest BCUT2D eigenvalue weighted by atomic mass is 9.96. The maximum Gasteiger partial charge on any atom is 0.227 e. The summed E-state index contributed by atoms with van der Waals surface area (Å²) in [6.07, 6.45) is 3.77. The van der Waals surface area contributed by atoms with E-state index < -0.39 is 0 Å². The van der Waals surface area contributed by atoms with Crippen molar-refractivity contribution in [2.24, 2.45) is 0 Å². The molecule has 154 valence electrons. The monoisotopic (exact) mass is 422 g/mol. The molecule has 0 N–H and O–H groups in total. The van der Waals surface area contributed by atoms with Crippen molar-refractivity contribution in [1.29, 1.82) is 0 Å². The summed E-state index contributed by atoms with van der Waals surface area (Å²) >= 11 is 6.05. The normalized spacial score (nSPS) is 15.4. The second-order valence-corrected chi connectivity index (χ2v) is 8.63. The molecule has 0 radical (unpaired) electrons. The van der Waals surface area contributed by atoms with E-state index in [1.54, 1.807) is 6.26 Å². The molecular formula is C24H23ClN2O3. The fourth-order valence-electron chi connectivity index (χ4n) is 4.22. The molecule has 5 nitrogen and oxygen atoms in total. The van der Waals surface area contributed by atoms with Gasteiger partial charge in [0, 0.05) is 35.0 Å². The molecule has 3 heterocycles. The zero-order valence-electron chi connectivity index (χ0n) is 17.1. The number of carbonyl (C=O) groups excluding carboxylic acids is 1. The summed E-state index contributed by atoms with van der Waals surface area (Å²) in [4.78, 5) is 19.5. The highest BCUT2D eigenvalue weighted by atomic mass is 35.5. The van der Waals surface area contributed by atoms with Crippen LogP contribution in [0.4, 0.5) is 0 Å². The molecule has 0 saturated carbocycles. The van der Waals surface area contributed by atoms with Crippen molar-refractivity contribution in [3.63, 3.8) is 0 Å². The van der Waals surface area contributed by atoms with E-state index in [9.17, 15) is 4.79 Å². The maximum atomic E-state index is 12.9. The molecule has 4 aromatic rings. The van der Waals surface area contributed by atoms with E-state index in [2.05, 4.69) is 24.9 Å². The predicted octanol–water partition coefficient (Wildman–Crippen LogP) is 5.79. The molecule has 0 aliphatic carbocycles. The van der Waals surface area contributed by atoms with E-state index >= 15 is 0 Å². The summed E-state index contributed by atoms with van der Waals surface area (Å²) < 4.78 is 11.6. The van der Waals surface area contributed by atoms with Crippen LogP contribution in [0.3, 0.4) is 0 Å². The summed E-state index contributed by atoms with van der Waals surface area (Å²) in [5.74, 6) is 1.10. The first kappa shape index (κ1) is 19.2. The molecule has 1 fully saturated rings. The number of hydrogen-bond acceptors (Lipinski definition) is 4. The molecule has 6 heteroatoms. The van der Waals surface area contributed by atoms with E-state index in [0.29, 0.717) is 24.5 Å². The quantitative estimate of drug-likeness (QED) is 0.419. The Hall–Kier alpha value is -2.79. The number of piperidine rings is 1. The van der Waals surface area contributed by atoms with E-state index in [1.807, 2.05) is 29.2 Å². The SMILES string of the molecule is Cc1cc2occ(CC(=O)N3CCC(c4nc5cc(Cl)ccc5o4)CC3)c2cc1C. The Bertz CT molecular complexity index is 1250. The zero-order valence-corrected chi connectivity index (χ0v) is 17.8. The Labute approximate surface area is 179 Å². The van der Waals surface area contributed by atoms with Gasteiger partial charge in [0.1, 0.15) is 11.1 Å². The number of benzene rings is 2. The highest BCUT2D eigenvalue weighted by molar-refractivity contribution is 6.31. The van der Waals surface area contributed by atoms with Crippen LogP contribution in [-0.4, -0.2) is 28.9 Å². The van der Waals surface area contributed by atoms with Crippen LogP contribution in [0.5, 0.6) is 0 Å². The molecular weight excluding hydrogens is 400 g/mol. The highest BCUT2D eigenvalue weighted by Gasteiger charge is 2.27. The standard InChI is InChI=1S/C24H23ClN2O3/c1-14-9-19-17(13-29-22(19)10-15(14)2)11-23(28)27-7-5-16(6-8-27)24-26-20-12-18(25)3-4-21(20)30-24/h3-4,9-10,12-13,16H,5-8,11H2,1-2H3. The van der Waals surface area contributed by atoms with Crippen molar-refractivity contribution in [2.45, 2.75) is 39.0 Å². The number of likely N-dealkylation sites (tertiary alicyclic amines) is 1. The van der Waals surface area contributed by atoms with Gasteiger partial charge in [-0.15, -0.1) is 0 Å². The number of oxazole rings is 1. The van der Waals surface area contributed by atoms with Crippen LogP contribution in [0.1, 0.15) is 41.3 Å². The highest BCUT2D eigenvalue weighted by Crippen LogP contribution is 2.31. The second-order valence-electron chi connectivity index (χ2n) is 8.19. The molecule has 0 atom stereocenters. The van der Waals surface area contributed by atoms with Gasteiger partial charge < -0.3 is 13.7 Å². The minimum Gasteiger partial charge on any atom is -0.464 e. The Morgan fingerprint density at radius 3 is 2.70 bits per heavy atom. The van der Waals surface area contributed by atoms with Crippen molar-refractivity contribution in [2.75, 3.05) is 13.1 Å². The molecule has 0 spiro atoms. The Balaban J connectivity index is 1.26. The number of nitrogens with zero attached hydrogens (tertiary/aromatic N) is 2. The van der Waals surface area contributed by atoms with Gasteiger partial charge in [0.2, 0.25) is 5.91 Å². The third kappa shape index (κ3) is 3.47. The smallest absolute Gasteiger partial charge is 0.227 e. The van der Waals surface area contributed by atoms with Gasteiger partial charge in [-0.3, -0.25) is 4.79 Å². The van der Waals surface area contributed by atoms with Crippen molar-refractivity contribution in [3.05, 3.63) is 64.2 Å². The topological polar surface area (TPSA) is 59.5 Å². The Morgan fingerprint density at radius 2 is 1.90 bits per heavy atom. The van der Waals surface area contributed by atoms with Crippen molar-refractivity contribution in [1.82, 2.24) is 9.88 Å². The number of aromatic nitrogens is 1. The summed E-state index contributed by atoms with van der Waals surface area (Å²) in [6.45, 7) is 5.56. The van der Waals surface area contributed by atoms with Crippen LogP contribution in [0.15, 0.2) is 45.4 Å². The van der Waals surface area contributed by atoms with Gasteiger partial charge in [-0.2, -0.15) is 0 Å². The van der Waals surface area contributed by atoms with Crippen LogP contribution in [0.25, 0.3) is 22.1 Å². The summed E-state index contributed by atoms with van der Waals surface area (Å²) in [7, 11) is 0. The number of fused-ring (bicyclic) bond motifs is 2. The summed E-state index contributed by atoms with van der Waals surface area (Å²) in [6, 6.07) is 9.63. The second kappa shape index (κ2) is 7.47. The maximum absolute atomic E-state index is 12.9. The fourth-order valence-corrected chi connectivity index (χ4v) is 4.38. The minimum absolute atomic E-state index is 0.138. The Morgan fingerprint density at radius 1 is 1.13 bits per heavy atom. The lowest BCUT2D eigenvalue weighted by Gasteiger charge is -2.30. The van der Waals surface area contributed by atoms with Crippen LogP contribution >= 0.6 is 11.6 Å². The van der Waals surface area contributed by atoms with Crippen molar-refractivity contribution >= 4 is 39.6 Å². The van der Waals surface area contributed by atoms with Gasteiger partial charge in [0.15, 0.2) is 11.5 Å². The fraction of sp³-hybridized carbons (Fsp3) is 0.333. The van der Waals surface area contributed by atoms with Gasteiger partial charge in [-0.25, -0.2) is 4.98 Å². The van der Waals surface area contributed by atoms with E-state index in [-0.39, 0.29) is 11.8 Å². The third-order valence-electron chi connectivity index (χ3n) is 6.17. The predicted molar refractivity (Wildman–Crippen MR) is 117 cm³/mol. The zero-order chi connectivity index (χ0) is 20.8. The van der Waals surface area contributed by atoms with Crippen LogP contribution < -0.4 is 0 Å². The molecule has 2 aromatic heterocycles. The van der Waals surface area contributed by atoms with E-state index in [4.69, 9.17) is 20.4 Å². The minimum atomic E-state index is 0.138. The number of aryl methyl sites for hydroxylation is 2. The van der Waals surface area contributed by atoms with E-state index in [1.165, 1.54) is 11.1 Å². The van der Waals surface area contributed by atoms with Gasteiger partial charge in [-0.1, -0.05) is 11.6 Å². The summed E-state index contributed by atoms with van der Waals surface area (Å²) in [5, 5.41) is 1.69. The first-order valence-corrected chi connectivity index (χ1v) is 10.7. The number of furan rings is 1. The number of hydrogen-bond donors (Lipinski definition) is 0. The van der Waals surface area contributed by atoms with E-state index in [0.717, 1.165) is 46.4 Å².